The van der Waals surface area contributed by atoms with E-state index in [1.807, 2.05) is 30.3 Å². The third kappa shape index (κ3) is 2.98. The third-order valence-electron chi connectivity index (χ3n) is 3.58. The molecule has 122 valence electrons. The standard InChI is InChI=1S/C18H14ClNO4/c1-23-18(21)16-17(24-11-12-6-3-2-4-7-12)13-8-5-9-15(19)14(13)10-20(16)22/h2-10H,11H2,1H3. The van der Waals surface area contributed by atoms with Gasteiger partial charge in [-0.2, -0.15) is 4.73 Å². The number of esters is 1. The Labute approximate surface area is 143 Å². The Morgan fingerprint density at radius 1 is 1.12 bits per heavy atom. The Morgan fingerprint density at radius 2 is 1.88 bits per heavy atom. The van der Waals surface area contributed by atoms with Crippen LogP contribution in [0.2, 0.25) is 5.02 Å². The second-order valence-corrected chi connectivity index (χ2v) is 5.51. The first-order valence-corrected chi connectivity index (χ1v) is 7.59. The van der Waals surface area contributed by atoms with Crippen LogP contribution in [0.25, 0.3) is 10.8 Å². The number of methoxy groups -OCH3 is 1. The summed E-state index contributed by atoms with van der Waals surface area (Å²) in [6.07, 6.45) is 1.25. The number of hydrogen-bond donors (Lipinski definition) is 0. The van der Waals surface area contributed by atoms with Gasteiger partial charge in [0.25, 0.3) is 0 Å². The van der Waals surface area contributed by atoms with Crippen molar-refractivity contribution in [1.29, 1.82) is 0 Å². The van der Waals surface area contributed by atoms with Crippen molar-refractivity contribution in [3.63, 3.8) is 0 Å². The normalized spacial score (nSPS) is 10.6. The van der Waals surface area contributed by atoms with Gasteiger partial charge in [-0.3, -0.25) is 0 Å². The molecule has 0 bridgehead atoms. The first kappa shape index (κ1) is 16.1. The van der Waals surface area contributed by atoms with Crippen molar-refractivity contribution in [2.24, 2.45) is 0 Å². The summed E-state index contributed by atoms with van der Waals surface area (Å²) in [5.41, 5.74) is 0.702. The largest absolute Gasteiger partial charge is 0.618 e. The van der Waals surface area contributed by atoms with Crippen molar-refractivity contribution >= 4 is 28.3 Å². The van der Waals surface area contributed by atoms with E-state index in [1.165, 1.54) is 13.3 Å². The van der Waals surface area contributed by atoms with E-state index in [4.69, 9.17) is 21.1 Å². The second kappa shape index (κ2) is 6.76. The smallest absolute Gasteiger partial charge is 0.408 e. The summed E-state index contributed by atoms with van der Waals surface area (Å²) in [7, 11) is 1.21. The highest BCUT2D eigenvalue weighted by Gasteiger charge is 2.28. The van der Waals surface area contributed by atoms with Crippen molar-refractivity contribution in [2.45, 2.75) is 6.61 Å². The summed E-state index contributed by atoms with van der Waals surface area (Å²) in [5, 5.41) is 13.8. The van der Waals surface area contributed by atoms with Crippen LogP contribution in [0.15, 0.2) is 54.7 Å². The zero-order chi connectivity index (χ0) is 17.1. The molecule has 0 atom stereocenters. The molecule has 1 aromatic heterocycles. The lowest BCUT2D eigenvalue weighted by Crippen LogP contribution is -2.35. The van der Waals surface area contributed by atoms with Gasteiger partial charge in [-0.25, -0.2) is 4.79 Å². The number of carbonyl (C=O) groups is 1. The molecule has 0 fully saturated rings. The highest BCUT2D eigenvalue weighted by Crippen LogP contribution is 2.32. The third-order valence-corrected chi connectivity index (χ3v) is 3.91. The molecule has 0 saturated heterocycles. The van der Waals surface area contributed by atoms with E-state index in [0.717, 1.165) is 5.56 Å². The Bertz CT molecular complexity index is 896. The Hall–Kier alpha value is -2.79. The van der Waals surface area contributed by atoms with Crippen molar-refractivity contribution in [2.75, 3.05) is 7.11 Å². The van der Waals surface area contributed by atoms with Gasteiger partial charge in [0.15, 0.2) is 6.20 Å². The molecule has 5 nitrogen and oxygen atoms in total. The van der Waals surface area contributed by atoms with Gasteiger partial charge in [0.1, 0.15) is 6.61 Å². The highest BCUT2D eigenvalue weighted by molar-refractivity contribution is 6.35. The van der Waals surface area contributed by atoms with Crippen molar-refractivity contribution in [3.8, 4) is 5.75 Å². The van der Waals surface area contributed by atoms with Crippen LogP contribution in [-0.2, 0) is 11.3 Å². The lowest BCUT2D eigenvalue weighted by atomic mass is 10.1. The molecule has 0 radical (unpaired) electrons. The summed E-state index contributed by atoms with van der Waals surface area (Å²) >= 11 is 6.16. The van der Waals surface area contributed by atoms with Gasteiger partial charge in [-0.15, -0.1) is 0 Å². The van der Waals surface area contributed by atoms with Gasteiger partial charge in [-0.1, -0.05) is 54.1 Å². The fourth-order valence-electron chi connectivity index (χ4n) is 2.43. The minimum absolute atomic E-state index is 0.153. The first-order valence-electron chi connectivity index (χ1n) is 7.21. The van der Waals surface area contributed by atoms with Crippen molar-refractivity contribution in [3.05, 3.63) is 76.2 Å². The predicted molar refractivity (Wildman–Crippen MR) is 90.0 cm³/mol. The fourth-order valence-corrected chi connectivity index (χ4v) is 2.65. The Kier molecular flexibility index (Phi) is 4.53. The average Bonchev–Trinajstić information content (AvgIpc) is 2.60. The number of halogens is 1. The molecule has 3 rings (SSSR count). The van der Waals surface area contributed by atoms with Crippen LogP contribution >= 0.6 is 11.6 Å². The Balaban J connectivity index is 2.14. The molecule has 0 aliphatic heterocycles. The molecule has 1 heterocycles. The number of nitrogens with zero attached hydrogens (tertiary/aromatic N) is 1. The molecule has 0 N–H and O–H groups in total. The summed E-state index contributed by atoms with van der Waals surface area (Å²) in [5.74, 6) is -0.615. The number of hydrogen-bond acceptors (Lipinski definition) is 4. The number of rotatable bonds is 4. The molecule has 0 unspecified atom stereocenters. The van der Waals surface area contributed by atoms with E-state index in [1.54, 1.807) is 18.2 Å². The van der Waals surface area contributed by atoms with E-state index < -0.39 is 5.97 Å². The molecule has 24 heavy (non-hydrogen) atoms. The van der Waals surface area contributed by atoms with Crippen LogP contribution in [0, 0.1) is 5.21 Å². The van der Waals surface area contributed by atoms with E-state index in [9.17, 15) is 10.0 Å². The van der Waals surface area contributed by atoms with Crippen molar-refractivity contribution in [1.82, 2.24) is 0 Å². The van der Waals surface area contributed by atoms with Crippen LogP contribution in [-0.4, -0.2) is 13.1 Å². The summed E-state index contributed by atoms with van der Waals surface area (Å²) < 4.78 is 11.0. The van der Waals surface area contributed by atoms with E-state index in [2.05, 4.69) is 0 Å². The minimum Gasteiger partial charge on any atom is -0.618 e. The lowest BCUT2D eigenvalue weighted by Gasteiger charge is -2.13. The van der Waals surface area contributed by atoms with Crippen LogP contribution in [0.4, 0.5) is 0 Å². The van der Waals surface area contributed by atoms with Gasteiger partial charge in [0.2, 0.25) is 5.75 Å². The maximum absolute atomic E-state index is 12.3. The van der Waals surface area contributed by atoms with Gasteiger partial charge in [0, 0.05) is 5.39 Å². The van der Waals surface area contributed by atoms with Crippen LogP contribution < -0.4 is 9.47 Å². The first-order chi connectivity index (χ1) is 11.6. The zero-order valence-corrected chi connectivity index (χ0v) is 13.6. The number of benzene rings is 2. The topological polar surface area (TPSA) is 62.5 Å². The quantitative estimate of drug-likeness (QED) is 0.413. The summed E-state index contributed by atoms with van der Waals surface area (Å²) in [4.78, 5) is 12.0. The molecule has 6 heteroatoms. The highest BCUT2D eigenvalue weighted by atomic mass is 35.5. The predicted octanol–water partition coefficient (Wildman–Crippen LogP) is 3.49. The maximum Gasteiger partial charge on any atom is 0.408 e. The Morgan fingerprint density at radius 3 is 2.58 bits per heavy atom. The van der Waals surface area contributed by atoms with Crippen molar-refractivity contribution < 1.29 is 19.0 Å². The monoisotopic (exact) mass is 343 g/mol. The molecular weight excluding hydrogens is 330 g/mol. The summed E-state index contributed by atoms with van der Waals surface area (Å²) in [6.45, 7) is 0.205. The molecule has 0 spiro atoms. The average molecular weight is 344 g/mol. The van der Waals surface area contributed by atoms with E-state index >= 15 is 0 Å². The molecule has 2 aromatic carbocycles. The number of carbonyl (C=O) groups excluding carboxylic acids is 1. The molecule has 0 aliphatic carbocycles. The minimum atomic E-state index is -0.769. The SMILES string of the molecule is COC(=O)c1c(OCc2ccccc2)c2cccc(Cl)c2c[n+]1[O-]. The number of aromatic nitrogens is 1. The summed E-state index contributed by atoms with van der Waals surface area (Å²) in [6, 6.07) is 14.6. The number of fused-ring (bicyclic) bond motifs is 1. The molecule has 0 aliphatic rings. The van der Waals surface area contributed by atoms with E-state index in [-0.39, 0.29) is 18.1 Å². The fraction of sp³-hybridized carbons (Fsp3) is 0.111. The molecule has 3 aromatic rings. The van der Waals surface area contributed by atoms with Gasteiger partial charge in [0.05, 0.1) is 17.5 Å². The van der Waals surface area contributed by atoms with E-state index in [0.29, 0.717) is 20.5 Å². The second-order valence-electron chi connectivity index (χ2n) is 5.10. The van der Waals surface area contributed by atoms with Crippen LogP contribution in [0.1, 0.15) is 16.1 Å². The van der Waals surface area contributed by atoms with Crippen LogP contribution in [0.5, 0.6) is 5.75 Å². The van der Waals surface area contributed by atoms with Gasteiger partial charge in [-0.05, 0) is 11.6 Å². The lowest BCUT2D eigenvalue weighted by molar-refractivity contribution is -0.607. The number of ether oxygens (including phenoxy) is 2. The number of pyridine rings is 1. The van der Waals surface area contributed by atoms with Gasteiger partial charge >= 0.3 is 11.7 Å². The molecular formula is C18H14ClNO4. The maximum atomic E-state index is 12.3. The van der Waals surface area contributed by atoms with Crippen LogP contribution in [0.3, 0.4) is 0 Å². The van der Waals surface area contributed by atoms with Gasteiger partial charge < -0.3 is 14.7 Å². The molecule has 0 amide bonds. The molecule has 0 saturated carbocycles. The zero-order valence-electron chi connectivity index (χ0n) is 12.9.